The Labute approximate surface area is 215 Å². The van der Waals surface area contributed by atoms with Crippen molar-refractivity contribution >= 4 is 33.3 Å². The number of aromatic nitrogens is 2. The highest BCUT2D eigenvalue weighted by Crippen LogP contribution is 2.36. The predicted octanol–water partition coefficient (Wildman–Crippen LogP) is 4.47. The number of carbonyl (C=O) groups excluding carboxylic acids is 1. The summed E-state index contributed by atoms with van der Waals surface area (Å²) >= 11 is 1.67. The number of piperazine rings is 1. The van der Waals surface area contributed by atoms with Crippen LogP contribution in [0.4, 0.5) is 5.82 Å². The normalized spacial score (nSPS) is 15.2. The number of nitrogens with zero attached hydrogens (tertiary/aromatic N) is 4. The standard InChI is InChI=1S/C28H31N5O2S/c1-32-12-14-33(15-13-32)26(34)16-20-8-10-22(11-9-20)25-17-23-27(36-25)28(30-19-29-23)31-24(18-35-2)21-6-4-3-5-7-21/h3-11,17,19,24H,12-16,18H2,1-2H3,(H,29,30,31). The molecule has 8 heteroatoms. The van der Waals surface area contributed by atoms with E-state index < -0.39 is 0 Å². The van der Waals surface area contributed by atoms with E-state index in [1.807, 2.05) is 23.1 Å². The first-order valence-electron chi connectivity index (χ1n) is 12.2. The Morgan fingerprint density at radius 2 is 1.81 bits per heavy atom. The monoisotopic (exact) mass is 501 g/mol. The van der Waals surface area contributed by atoms with Crippen molar-refractivity contribution in [2.24, 2.45) is 0 Å². The lowest BCUT2D eigenvalue weighted by molar-refractivity contribution is -0.132. The minimum Gasteiger partial charge on any atom is -0.382 e. The molecule has 0 spiro atoms. The summed E-state index contributed by atoms with van der Waals surface area (Å²) in [6.45, 7) is 4.02. The topological polar surface area (TPSA) is 70.6 Å². The minimum absolute atomic E-state index is 0.0167. The van der Waals surface area contributed by atoms with Crippen molar-refractivity contribution in [1.82, 2.24) is 19.8 Å². The first-order valence-corrected chi connectivity index (χ1v) is 13.0. The lowest BCUT2D eigenvalue weighted by Gasteiger charge is -2.32. The molecule has 0 aliphatic carbocycles. The summed E-state index contributed by atoms with van der Waals surface area (Å²) in [5.74, 6) is 1.00. The Balaban J connectivity index is 1.32. The van der Waals surface area contributed by atoms with E-state index in [1.54, 1.807) is 24.8 Å². The molecule has 1 fully saturated rings. The highest BCUT2D eigenvalue weighted by Gasteiger charge is 2.19. The number of hydrogen-bond donors (Lipinski definition) is 1. The molecule has 186 valence electrons. The van der Waals surface area contributed by atoms with Gasteiger partial charge in [-0.25, -0.2) is 9.97 Å². The molecule has 2 aromatic carbocycles. The molecule has 7 nitrogen and oxygen atoms in total. The van der Waals surface area contributed by atoms with Crippen molar-refractivity contribution in [3.05, 3.63) is 78.1 Å². The maximum atomic E-state index is 12.7. The van der Waals surface area contributed by atoms with Crippen LogP contribution >= 0.6 is 11.3 Å². The Kier molecular flexibility index (Phi) is 7.55. The van der Waals surface area contributed by atoms with Crippen LogP contribution in [0.1, 0.15) is 17.2 Å². The predicted molar refractivity (Wildman–Crippen MR) is 145 cm³/mol. The van der Waals surface area contributed by atoms with Crippen molar-refractivity contribution in [2.45, 2.75) is 12.5 Å². The van der Waals surface area contributed by atoms with E-state index in [1.165, 1.54) is 0 Å². The van der Waals surface area contributed by atoms with E-state index in [0.29, 0.717) is 13.0 Å². The fraction of sp³-hybridized carbons (Fsp3) is 0.321. The average molecular weight is 502 g/mol. The van der Waals surface area contributed by atoms with Crippen molar-refractivity contribution < 1.29 is 9.53 Å². The lowest BCUT2D eigenvalue weighted by atomic mass is 10.1. The second-order valence-electron chi connectivity index (χ2n) is 9.17. The van der Waals surface area contributed by atoms with Crippen molar-refractivity contribution in [1.29, 1.82) is 0 Å². The molecule has 1 saturated heterocycles. The van der Waals surface area contributed by atoms with E-state index in [-0.39, 0.29) is 11.9 Å². The number of anilines is 1. The molecule has 36 heavy (non-hydrogen) atoms. The van der Waals surface area contributed by atoms with Crippen molar-refractivity contribution in [3.8, 4) is 10.4 Å². The van der Waals surface area contributed by atoms with Crippen LogP contribution in [-0.4, -0.2) is 72.6 Å². The number of amides is 1. The van der Waals surface area contributed by atoms with Gasteiger partial charge in [-0.05, 0) is 29.8 Å². The van der Waals surface area contributed by atoms with E-state index in [4.69, 9.17) is 4.74 Å². The summed E-state index contributed by atoms with van der Waals surface area (Å²) in [5.41, 5.74) is 4.20. The highest BCUT2D eigenvalue weighted by atomic mass is 32.1. The summed E-state index contributed by atoms with van der Waals surface area (Å²) < 4.78 is 6.48. The van der Waals surface area contributed by atoms with Crippen LogP contribution in [-0.2, 0) is 16.0 Å². The van der Waals surface area contributed by atoms with Gasteiger partial charge in [0, 0.05) is 38.2 Å². The van der Waals surface area contributed by atoms with Gasteiger partial charge in [-0.15, -0.1) is 11.3 Å². The third kappa shape index (κ3) is 5.56. The Morgan fingerprint density at radius 3 is 2.53 bits per heavy atom. The Bertz CT molecular complexity index is 1300. The number of thiophene rings is 1. The molecule has 0 radical (unpaired) electrons. The van der Waals surface area contributed by atoms with Gasteiger partial charge in [-0.3, -0.25) is 4.79 Å². The van der Waals surface area contributed by atoms with Gasteiger partial charge in [0.05, 0.1) is 29.3 Å². The number of carbonyl (C=O) groups is 1. The SMILES string of the molecule is COCC(Nc1ncnc2cc(-c3ccc(CC(=O)N4CCN(C)CC4)cc3)sc12)c1ccccc1. The molecule has 4 aromatic rings. The fourth-order valence-electron chi connectivity index (χ4n) is 4.47. The van der Waals surface area contributed by atoms with Gasteiger partial charge in [0.25, 0.3) is 0 Å². The molecular weight excluding hydrogens is 470 g/mol. The molecule has 1 aliphatic rings. The number of likely N-dealkylation sites (N-methyl/N-ethyl adjacent to an activating group) is 1. The van der Waals surface area contributed by atoms with Crippen LogP contribution in [0.25, 0.3) is 20.7 Å². The van der Waals surface area contributed by atoms with Gasteiger partial charge in [-0.2, -0.15) is 0 Å². The number of benzene rings is 2. The summed E-state index contributed by atoms with van der Waals surface area (Å²) in [7, 11) is 3.80. The van der Waals surface area contributed by atoms with Gasteiger partial charge >= 0.3 is 0 Å². The second kappa shape index (κ2) is 11.2. The van der Waals surface area contributed by atoms with Gasteiger partial charge in [0.2, 0.25) is 5.91 Å². The Morgan fingerprint density at radius 1 is 1.06 bits per heavy atom. The summed E-state index contributed by atoms with van der Waals surface area (Å²) in [6.07, 6.45) is 2.04. The van der Waals surface area contributed by atoms with E-state index >= 15 is 0 Å². The zero-order chi connectivity index (χ0) is 24.9. The summed E-state index contributed by atoms with van der Waals surface area (Å²) in [6, 6.07) is 20.6. The Hall–Kier alpha value is -3.33. The molecule has 3 heterocycles. The summed E-state index contributed by atoms with van der Waals surface area (Å²) in [4.78, 5) is 27.1. The molecule has 1 aliphatic heterocycles. The van der Waals surface area contributed by atoms with Crippen LogP contribution in [0.3, 0.4) is 0 Å². The van der Waals surface area contributed by atoms with E-state index in [2.05, 4.69) is 69.7 Å². The molecule has 1 atom stereocenters. The highest BCUT2D eigenvalue weighted by molar-refractivity contribution is 7.22. The lowest BCUT2D eigenvalue weighted by Crippen LogP contribution is -2.47. The third-order valence-electron chi connectivity index (χ3n) is 6.61. The van der Waals surface area contributed by atoms with Crippen molar-refractivity contribution in [3.63, 3.8) is 0 Å². The van der Waals surface area contributed by atoms with E-state index in [9.17, 15) is 4.79 Å². The molecule has 5 rings (SSSR count). The van der Waals surface area contributed by atoms with Gasteiger partial charge in [-0.1, -0.05) is 54.6 Å². The molecule has 2 aromatic heterocycles. The van der Waals surface area contributed by atoms with Crippen LogP contribution in [0.15, 0.2) is 67.0 Å². The second-order valence-corrected chi connectivity index (χ2v) is 10.2. The van der Waals surface area contributed by atoms with Gasteiger partial charge in [0.15, 0.2) is 0 Å². The van der Waals surface area contributed by atoms with Crippen LogP contribution in [0.2, 0.25) is 0 Å². The minimum atomic E-state index is -0.0167. The molecule has 1 amide bonds. The third-order valence-corrected chi connectivity index (χ3v) is 7.79. The smallest absolute Gasteiger partial charge is 0.227 e. The van der Waals surface area contributed by atoms with Crippen LogP contribution in [0, 0.1) is 0 Å². The molecule has 1 unspecified atom stereocenters. The van der Waals surface area contributed by atoms with Crippen molar-refractivity contribution in [2.75, 3.05) is 52.3 Å². The van der Waals surface area contributed by atoms with Crippen LogP contribution in [0.5, 0.6) is 0 Å². The number of nitrogens with one attached hydrogen (secondary N) is 1. The molecule has 1 N–H and O–H groups in total. The molecular formula is C28H31N5O2S. The first-order chi connectivity index (χ1) is 17.6. The number of hydrogen-bond acceptors (Lipinski definition) is 7. The summed E-state index contributed by atoms with van der Waals surface area (Å²) in [5, 5.41) is 3.56. The number of ether oxygens (including phenoxy) is 1. The maximum absolute atomic E-state index is 12.7. The zero-order valence-corrected chi connectivity index (χ0v) is 21.5. The fourth-order valence-corrected chi connectivity index (χ4v) is 5.54. The van der Waals surface area contributed by atoms with E-state index in [0.717, 1.165) is 63.8 Å². The largest absolute Gasteiger partial charge is 0.382 e. The average Bonchev–Trinajstić information content (AvgIpc) is 3.35. The number of fused-ring (bicyclic) bond motifs is 1. The number of methoxy groups -OCH3 is 1. The molecule has 0 bridgehead atoms. The molecule has 0 saturated carbocycles. The quantitative estimate of drug-likeness (QED) is 0.384. The van der Waals surface area contributed by atoms with Gasteiger partial charge in [0.1, 0.15) is 12.1 Å². The number of rotatable bonds is 8. The zero-order valence-electron chi connectivity index (χ0n) is 20.7. The van der Waals surface area contributed by atoms with Gasteiger partial charge < -0.3 is 19.9 Å². The van der Waals surface area contributed by atoms with Crippen LogP contribution < -0.4 is 5.32 Å². The first kappa shape index (κ1) is 24.4. The maximum Gasteiger partial charge on any atom is 0.227 e.